The molecule has 0 aliphatic carbocycles. The van der Waals surface area contributed by atoms with Crippen LogP contribution in [-0.2, 0) is 14.3 Å². The highest BCUT2D eigenvalue weighted by molar-refractivity contribution is 5.72. The summed E-state index contributed by atoms with van der Waals surface area (Å²) in [4.78, 5) is 19.2. The lowest BCUT2D eigenvalue weighted by Crippen LogP contribution is -2.22. The number of hydrogen-bond acceptors (Lipinski definition) is 3. The van der Waals surface area contributed by atoms with E-state index in [9.17, 15) is 4.79 Å². The van der Waals surface area contributed by atoms with Crippen molar-refractivity contribution >= 4 is 11.9 Å². The Balaban J connectivity index is 0. The standard InChI is InChI=1S/C6H12O3.C2H4O2/c1-3-5(6(7)8)9-4-2;1-2(3)4/h5H,3-4H2,1-2H3,(H,7,8);1H3,(H,3,4). The topological polar surface area (TPSA) is 83.8 Å². The zero-order valence-corrected chi connectivity index (χ0v) is 8.11. The summed E-state index contributed by atoms with van der Waals surface area (Å²) in [6.07, 6.45) is -0.0848. The molecule has 1 atom stereocenters. The molecule has 0 aliphatic heterocycles. The third-order valence-electron chi connectivity index (χ3n) is 1.01. The van der Waals surface area contributed by atoms with Crippen LogP contribution in [0.15, 0.2) is 0 Å². The van der Waals surface area contributed by atoms with E-state index in [1.807, 2.05) is 0 Å². The van der Waals surface area contributed by atoms with Crippen molar-refractivity contribution in [1.29, 1.82) is 0 Å². The molecule has 0 amide bonds. The first kappa shape index (κ1) is 14.4. The molecule has 78 valence electrons. The van der Waals surface area contributed by atoms with Gasteiger partial charge < -0.3 is 14.9 Å². The van der Waals surface area contributed by atoms with Gasteiger partial charge in [0.2, 0.25) is 0 Å². The molecule has 13 heavy (non-hydrogen) atoms. The summed E-state index contributed by atoms with van der Waals surface area (Å²) < 4.78 is 4.85. The molecular weight excluding hydrogens is 176 g/mol. The van der Waals surface area contributed by atoms with E-state index in [0.29, 0.717) is 13.0 Å². The second kappa shape index (κ2) is 8.99. The number of aliphatic carboxylic acids is 2. The molecule has 0 heterocycles. The van der Waals surface area contributed by atoms with E-state index >= 15 is 0 Å². The largest absolute Gasteiger partial charge is 0.481 e. The van der Waals surface area contributed by atoms with Gasteiger partial charge >= 0.3 is 5.97 Å². The molecule has 5 nitrogen and oxygen atoms in total. The second-order valence-electron chi connectivity index (χ2n) is 2.21. The third-order valence-corrected chi connectivity index (χ3v) is 1.01. The van der Waals surface area contributed by atoms with Gasteiger partial charge in [-0.1, -0.05) is 6.92 Å². The van der Waals surface area contributed by atoms with Gasteiger partial charge in [0.15, 0.2) is 6.10 Å². The number of carboxylic acid groups (broad SMARTS) is 2. The van der Waals surface area contributed by atoms with E-state index in [1.54, 1.807) is 13.8 Å². The number of carbonyl (C=O) groups is 2. The Kier molecular flexibility index (Phi) is 9.98. The summed E-state index contributed by atoms with van der Waals surface area (Å²) in [5, 5.41) is 15.8. The molecule has 5 heteroatoms. The second-order valence-corrected chi connectivity index (χ2v) is 2.21. The van der Waals surface area contributed by atoms with Gasteiger partial charge in [0.25, 0.3) is 5.97 Å². The van der Waals surface area contributed by atoms with Crippen LogP contribution in [-0.4, -0.2) is 34.9 Å². The summed E-state index contributed by atoms with van der Waals surface area (Å²) in [5.41, 5.74) is 0. The van der Waals surface area contributed by atoms with Gasteiger partial charge in [-0.05, 0) is 13.3 Å². The Morgan fingerprint density at radius 1 is 1.31 bits per heavy atom. The molecule has 0 radical (unpaired) electrons. The van der Waals surface area contributed by atoms with Crippen LogP contribution in [0.2, 0.25) is 0 Å². The van der Waals surface area contributed by atoms with Gasteiger partial charge in [-0.2, -0.15) is 0 Å². The maximum Gasteiger partial charge on any atom is 0.332 e. The Labute approximate surface area is 77.3 Å². The predicted octanol–water partition coefficient (Wildman–Crippen LogP) is 0.977. The average molecular weight is 192 g/mol. The molecule has 0 bridgehead atoms. The SMILES string of the molecule is CC(=O)O.CCOC(CC)C(=O)O. The third kappa shape index (κ3) is 13.8. The van der Waals surface area contributed by atoms with Gasteiger partial charge in [-0.3, -0.25) is 4.79 Å². The Morgan fingerprint density at radius 3 is 1.77 bits per heavy atom. The van der Waals surface area contributed by atoms with Gasteiger partial charge in [-0.25, -0.2) is 4.79 Å². The van der Waals surface area contributed by atoms with Crippen LogP contribution in [0.5, 0.6) is 0 Å². The van der Waals surface area contributed by atoms with E-state index in [4.69, 9.17) is 19.7 Å². The minimum atomic E-state index is -0.876. The number of hydrogen-bond donors (Lipinski definition) is 2. The van der Waals surface area contributed by atoms with Crippen molar-refractivity contribution in [3.8, 4) is 0 Å². The molecule has 0 spiro atoms. The highest BCUT2D eigenvalue weighted by Crippen LogP contribution is 1.96. The Bertz CT molecular complexity index is 151. The minimum Gasteiger partial charge on any atom is -0.481 e. The Morgan fingerprint density at radius 2 is 1.69 bits per heavy atom. The first-order chi connectivity index (χ1) is 5.95. The number of carboxylic acids is 2. The molecule has 0 aromatic rings. The van der Waals surface area contributed by atoms with Crippen molar-refractivity contribution in [2.45, 2.75) is 33.3 Å². The van der Waals surface area contributed by atoms with Crippen LogP contribution in [0.3, 0.4) is 0 Å². The molecular formula is C8H16O5. The quantitative estimate of drug-likeness (QED) is 0.693. The first-order valence-electron chi connectivity index (χ1n) is 3.99. The first-order valence-corrected chi connectivity index (χ1v) is 3.99. The van der Waals surface area contributed by atoms with Crippen LogP contribution in [0.1, 0.15) is 27.2 Å². The molecule has 1 unspecified atom stereocenters. The monoisotopic (exact) mass is 192 g/mol. The van der Waals surface area contributed by atoms with Crippen LogP contribution in [0.25, 0.3) is 0 Å². The van der Waals surface area contributed by atoms with Crippen molar-refractivity contribution in [3.63, 3.8) is 0 Å². The molecule has 0 rings (SSSR count). The average Bonchev–Trinajstić information content (AvgIpc) is 1.98. The van der Waals surface area contributed by atoms with Gasteiger partial charge in [0.05, 0.1) is 0 Å². The van der Waals surface area contributed by atoms with Crippen LogP contribution < -0.4 is 0 Å². The smallest absolute Gasteiger partial charge is 0.332 e. The predicted molar refractivity (Wildman–Crippen MR) is 46.7 cm³/mol. The summed E-state index contributed by atoms with van der Waals surface area (Å²) in [7, 11) is 0. The van der Waals surface area contributed by atoms with Crippen molar-refractivity contribution < 1.29 is 24.5 Å². The zero-order chi connectivity index (χ0) is 10.9. The minimum absolute atomic E-state index is 0.463. The summed E-state index contributed by atoms with van der Waals surface area (Å²) >= 11 is 0. The molecule has 2 N–H and O–H groups in total. The van der Waals surface area contributed by atoms with Crippen molar-refractivity contribution in [2.75, 3.05) is 6.61 Å². The normalized spacial score (nSPS) is 11.0. The number of rotatable bonds is 4. The molecule has 0 aromatic carbocycles. The molecule has 0 saturated carbocycles. The lowest BCUT2D eigenvalue weighted by atomic mass is 10.3. The van der Waals surface area contributed by atoms with Gasteiger partial charge in [0.1, 0.15) is 0 Å². The van der Waals surface area contributed by atoms with E-state index in [-0.39, 0.29) is 0 Å². The fourth-order valence-corrected chi connectivity index (χ4v) is 0.565. The van der Waals surface area contributed by atoms with E-state index in [0.717, 1.165) is 6.92 Å². The van der Waals surface area contributed by atoms with E-state index in [2.05, 4.69) is 0 Å². The van der Waals surface area contributed by atoms with Crippen molar-refractivity contribution in [1.82, 2.24) is 0 Å². The summed E-state index contributed by atoms with van der Waals surface area (Å²) in [6, 6.07) is 0. The van der Waals surface area contributed by atoms with Crippen molar-refractivity contribution in [3.05, 3.63) is 0 Å². The lowest BCUT2D eigenvalue weighted by molar-refractivity contribution is -0.150. The fourth-order valence-electron chi connectivity index (χ4n) is 0.565. The van der Waals surface area contributed by atoms with Gasteiger partial charge in [0, 0.05) is 13.5 Å². The summed E-state index contributed by atoms with van der Waals surface area (Å²) in [5.74, 6) is -1.71. The lowest BCUT2D eigenvalue weighted by Gasteiger charge is -2.07. The highest BCUT2D eigenvalue weighted by atomic mass is 16.5. The summed E-state index contributed by atoms with van der Waals surface area (Å²) in [6.45, 7) is 5.12. The van der Waals surface area contributed by atoms with Crippen molar-refractivity contribution in [2.24, 2.45) is 0 Å². The molecule has 0 aliphatic rings. The Hall–Kier alpha value is -1.10. The highest BCUT2D eigenvalue weighted by Gasteiger charge is 2.13. The van der Waals surface area contributed by atoms with Crippen LogP contribution in [0, 0.1) is 0 Å². The maximum absolute atomic E-state index is 10.2. The van der Waals surface area contributed by atoms with E-state index < -0.39 is 18.0 Å². The molecule has 0 fully saturated rings. The number of ether oxygens (including phenoxy) is 1. The van der Waals surface area contributed by atoms with Crippen LogP contribution in [0.4, 0.5) is 0 Å². The van der Waals surface area contributed by atoms with Gasteiger partial charge in [-0.15, -0.1) is 0 Å². The zero-order valence-electron chi connectivity index (χ0n) is 8.11. The maximum atomic E-state index is 10.2. The van der Waals surface area contributed by atoms with E-state index in [1.165, 1.54) is 0 Å². The molecule has 0 saturated heterocycles. The van der Waals surface area contributed by atoms with Crippen LogP contribution >= 0.6 is 0 Å². The molecule has 0 aromatic heterocycles. The fraction of sp³-hybridized carbons (Fsp3) is 0.750.